The van der Waals surface area contributed by atoms with Gasteiger partial charge in [0, 0.05) is 0 Å². The second-order valence-electron chi connectivity index (χ2n) is 2.56. The smallest absolute Gasteiger partial charge is 0.0809 e. The highest BCUT2D eigenvalue weighted by atomic mass is 16.5. The topological polar surface area (TPSA) is 9.23 Å². The molecule has 1 nitrogen and oxygen atoms in total. The SMILES string of the molecule is C[CH]OC(CC)C(C)C. The normalized spacial score (nSPS) is 14.3. The Morgan fingerprint density at radius 1 is 1.44 bits per heavy atom. The van der Waals surface area contributed by atoms with Gasteiger partial charge in [0.25, 0.3) is 0 Å². The molecule has 1 atom stereocenters. The number of hydrogen-bond donors (Lipinski definition) is 0. The van der Waals surface area contributed by atoms with Crippen LogP contribution in [0.3, 0.4) is 0 Å². The summed E-state index contributed by atoms with van der Waals surface area (Å²) in [5.74, 6) is 0.631. The number of hydrogen-bond acceptors (Lipinski definition) is 1. The molecule has 0 aromatic rings. The summed E-state index contributed by atoms with van der Waals surface area (Å²) in [6, 6.07) is 0. The van der Waals surface area contributed by atoms with Crippen LogP contribution in [0.1, 0.15) is 34.1 Å². The van der Waals surface area contributed by atoms with E-state index in [0.717, 1.165) is 6.42 Å². The molecular formula is C8H17O. The van der Waals surface area contributed by atoms with Crippen molar-refractivity contribution in [1.82, 2.24) is 0 Å². The molecular weight excluding hydrogens is 112 g/mol. The van der Waals surface area contributed by atoms with Gasteiger partial charge in [0.15, 0.2) is 0 Å². The average Bonchev–Trinajstić information content (AvgIpc) is 1.82. The third kappa shape index (κ3) is 3.52. The Hall–Kier alpha value is -0.0400. The van der Waals surface area contributed by atoms with Crippen LogP contribution < -0.4 is 0 Å². The van der Waals surface area contributed by atoms with Crippen LogP contribution in [0.4, 0.5) is 0 Å². The van der Waals surface area contributed by atoms with Crippen molar-refractivity contribution in [3.63, 3.8) is 0 Å². The van der Waals surface area contributed by atoms with Crippen molar-refractivity contribution in [2.75, 3.05) is 0 Å². The van der Waals surface area contributed by atoms with Crippen LogP contribution in [0.25, 0.3) is 0 Å². The van der Waals surface area contributed by atoms with Crippen molar-refractivity contribution in [1.29, 1.82) is 0 Å². The molecule has 0 N–H and O–H groups in total. The summed E-state index contributed by atoms with van der Waals surface area (Å²) in [5.41, 5.74) is 0. The summed E-state index contributed by atoms with van der Waals surface area (Å²) in [6.07, 6.45) is 1.51. The van der Waals surface area contributed by atoms with Crippen LogP contribution in [-0.2, 0) is 4.74 Å². The predicted molar refractivity (Wildman–Crippen MR) is 40.0 cm³/mol. The Morgan fingerprint density at radius 3 is 2.11 bits per heavy atom. The molecule has 0 aliphatic carbocycles. The average molecular weight is 129 g/mol. The van der Waals surface area contributed by atoms with E-state index in [2.05, 4.69) is 20.8 Å². The van der Waals surface area contributed by atoms with Crippen LogP contribution in [0.15, 0.2) is 0 Å². The van der Waals surface area contributed by atoms with Gasteiger partial charge in [-0.1, -0.05) is 20.8 Å². The van der Waals surface area contributed by atoms with Crippen LogP contribution in [0, 0.1) is 12.5 Å². The molecule has 1 radical (unpaired) electrons. The molecule has 0 bridgehead atoms. The van der Waals surface area contributed by atoms with Gasteiger partial charge in [-0.15, -0.1) is 0 Å². The summed E-state index contributed by atoms with van der Waals surface area (Å²) in [4.78, 5) is 0. The van der Waals surface area contributed by atoms with E-state index in [1.165, 1.54) is 0 Å². The van der Waals surface area contributed by atoms with Crippen molar-refractivity contribution < 1.29 is 4.74 Å². The quantitative estimate of drug-likeness (QED) is 0.567. The van der Waals surface area contributed by atoms with Crippen molar-refractivity contribution in [3.05, 3.63) is 6.61 Å². The lowest BCUT2D eigenvalue weighted by molar-refractivity contribution is 0.0678. The van der Waals surface area contributed by atoms with Gasteiger partial charge < -0.3 is 4.74 Å². The molecule has 0 spiro atoms. The summed E-state index contributed by atoms with van der Waals surface area (Å²) >= 11 is 0. The molecule has 0 aromatic carbocycles. The summed E-state index contributed by atoms with van der Waals surface area (Å²) in [7, 11) is 0. The number of ether oxygens (including phenoxy) is 1. The lowest BCUT2D eigenvalue weighted by Crippen LogP contribution is -2.16. The van der Waals surface area contributed by atoms with Gasteiger partial charge in [0.05, 0.1) is 12.7 Å². The fourth-order valence-electron chi connectivity index (χ4n) is 0.900. The van der Waals surface area contributed by atoms with E-state index in [9.17, 15) is 0 Å². The Kier molecular flexibility index (Phi) is 4.78. The van der Waals surface area contributed by atoms with E-state index >= 15 is 0 Å². The van der Waals surface area contributed by atoms with Gasteiger partial charge in [-0.3, -0.25) is 0 Å². The third-order valence-electron chi connectivity index (χ3n) is 1.46. The first-order valence-corrected chi connectivity index (χ1v) is 3.65. The Bertz CT molecular complexity index is 59.6. The van der Waals surface area contributed by atoms with Gasteiger partial charge in [-0.2, -0.15) is 0 Å². The minimum Gasteiger partial charge on any atom is -0.372 e. The first-order chi connectivity index (χ1) is 4.22. The monoisotopic (exact) mass is 129 g/mol. The highest BCUT2D eigenvalue weighted by Crippen LogP contribution is 2.10. The molecule has 0 aliphatic heterocycles. The predicted octanol–water partition coefficient (Wildman–Crippen LogP) is 2.62. The van der Waals surface area contributed by atoms with E-state index < -0.39 is 0 Å². The summed E-state index contributed by atoms with van der Waals surface area (Å²) < 4.78 is 5.33. The minimum absolute atomic E-state index is 0.412. The van der Waals surface area contributed by atoms with Crippen LogP contribution in [0.5, 0.6) is 0 Å². The fourth-order valence-corrected chi connectivity index (χ4v) is 0.900. The standard InChI is InChI=1S/C8H17O/c1-5-8(7(3)4)9-6-2/h6-8H,5H2,1-4H3. The largest absolute Gasteiger partial charge is 0.372 e. The molecule has 1 unspecified atom stereocenters. The molecule has 0 rings (SSSR count). The van der Waals surface area contributed by atoms with E-state index in [4.69, 9.17) is 4.74 Å². The van der Waals surface area contributed by atoms with Crippen molar-refractivity contribution in [2.24, 2.45) is 5.92 Å². The molecule has 0 saturated carbocycles. The maximum atomic E-state index is 5.33. The Morgan fingerprint density at radius 2 is 2.00 bits per heavy atom. The molecule has 0 saturated heterocycles. The van der Waals surface area contributed by atoms with Crippen LogP contribution >= 0.6 is 0 Å². The molecule has 0 amide bonds. The van der Waals surface area contributed by atoms with E-state index in [-0.39, 0.29) is 0 Å². The fraction of sp³-hybridized carbons (Fsp3) is 0.875. The lowest BCUT2D eigenvalue weighted by Gasteiger charge is -2.17. The zero-order chi connectivity index (χ0) is 7.28. The van der Waals surface area contributed by atoms with E-state index in [1.54, 1.807) is 6.61 Å². The molecule has 0 aromatic heterocycles. The Balaban J connectivity index is 3.41. The third-order valence-corrected chi connectivity index (χ3v) is 1.46. The van der Waals surface area contributed by atoms with Gasteiger partial charge >= 0.3 is 0 Å². The highest BCUT2D eigenvalue weighted by molar-refractivity contribution is 4.60. The number of rotatable bonds is 4. The van der Waals surface area contributed by atoms with Crippen LogP contribution in [0.2, 0.25) is 0 Å². The van der Waals surface area contributed by atoms with Gasteiger partial charge in [-0.05, 0) is 19.3 Å². The van der Waals surface area contributed by atoms with Crippen molar-refractivity contribution in [3.8, 4) is 0 Å². The first kappa shape index (κ1) is 8.96. The zero-order valence-electron chi connectivity index (χ0n) is 6.85. The summed E-state index contributed by atoms with van der Waals surface area (Å²) in [5, 5.41) is 0. The molecule has 55 valence electrons. The van der Waals surface area contributed by atoms with Gasteiger partial charge in [-0.25, -0.2) is 0 Å². The first-order valence-electron chi connectivity index (χ1n) is 3.65. The second kappa shape index (κ2) is 4.80. The molecule has 9 heavy (non-hydrogen) atoms. The molecule has 0 fully saturated rings. The Labute approximate surface area is 58.4 Å². The van der Waals surface area contributed by atoms with Crippen molar-refractivity contribution >= 4 is 0 Å². The van der Waals surface area contributed by atoms with Crippen LogP contribution in [-0.4, -0.2) is 6.10 Å². The molecule has 0 heterocycles. The minimum atomic E-state index is 0.412. The maximum Gasteiger partial charge on any atom is 0.0809 e. The van der Waals surface area contributed by atoms with Crippen molar-refractivity contribution in [2.45, 2.75) is 40.2 Å². The summed E-state index contributed by atoms with van der Waals surface area (Å²) in [6.45, 7) is 10.2. The highest BCUT2D eigenvalue weighted by Gasteiger charge is 2.09. The molecule has 0 aliphatic rings. The van der Waals surface area contributed by atoms with Gasteiger partial charge in [0.2, 0.25) is 0 Å². The zero-order valence-corrected chi connectivity index (χ0v) is 6.85. The maximum absolute atomic E-state index is 5.33. The lowest BCUT2D eigenvalue weighted by atomic mass is 10.1. The van der Waals surface area contributed by atoms with Gasteiger partial charge in [0.1, 0.15) is 0 Å². The second-order valence-corrected chi connectivity index (χ2v) is 2.56. The molecule has 1 heteroatoms. The van der Waals surface area contributed by atoms with E-state index in [0.29, 0.717) is 12.0 Å². The van der Waals surface area contributed by atoms with E-state index in [1.807, 2.05) is 6.92 Å².